The van der Waals surface area contributed by atoms with Gasteiger partial charge in [0.1, 0.15) is 0 Å². The second kappa shape index (κ2) is 10.2. The van der Waals surface area contributed by atoms with Gasteiger partial charge in [0.05, 0.1) is 27.4 Å². The zero-order valence-corrected chi connectivity index (χ0v) is 18.4. The summed E-state index contributed by atoms with van der Waals surface area (Å²) in [5, 5.41) is 0.755. The number of methoxy groups -OCH3 is 3. The van der Waals surface area contributed by atoms with E-state index in [0.717, 1.165) is 22.0 Å². The number of hydrogen-bond acceptors (Lipinski definition) is 6. The van der Waals surface area contributed by atoms with Crippen LogP contribution < -0.4 is 14.2 Å². The van der Waals surface area contributed by atoms with Crippen molar-refractivity contribution in [3.8, 4) is 17.2 Å². The lowest BCUT2D eigenvalue weighted by atomic mass is 10.1. The number of ether oxygens (including phenoxy) is 3. The zero-order chi connectivity index (χ0) is 21.5. The number of nitrogens with zero attached hydrogens (tertiary/aromatic N) is 2. The van der Waals surface area contributed by atoms with E-state index in [2.05, 4.69) is 0 Å². The van der Waals surface area contributed by atoms with Crippen molar-refractivity contribution in [2.24, 2.45) is 4.99 Å². The van der Waals surface area contributed by atoms with E-state index < -0.39 is 0 Å². The van der Waals surface area contributed by atoms with Crippen molar-refractivity contribution in [3.63, 3.8) is 0 Å². The molecule has 0 spiro atoms. The molecule has 1 atom stereocenters. The largest absolute Gasteiger partial charge is 0.493 e. The third-order valence-corrected chi connectivity index (χ3v) is 5.71. The first kappa shape index (κ1) is 21.8. The van der Waals surface area contributed by atoms with E-state index in [0.29, 0.717) is 23.8 Å². The zero-order valence-electron chi connectivity index (χ0n) is 17.6. The molecule has 158 valence electrons. The third-order valence-electron chi connectivity index (χ3n) is 4.73. The van der Waals surface area contributed by atoms with Crippen LogP contribution in [0.2, 0.25) is 0 Å². The van der Waals surface area contributed by atoms with Crippen molar-refractivity contribution in [2.75, 3.05) is 33.6 Å². The van der Waals surface area contributed by atoms with E-state index in [-0.39, 0.29) is 11.9 Å². The van der Waals surface area contributed by atoms with Crippen LogP contribution in [-0.2, 0) is 4.79 Å². The molecule has 1 amide bonds. The maximum atomic E-state index is 12.8. The second-order valence-electron chi connectivity index (χ2n) is 6.63. The summed E-state index contributed by atoms with van der Waals surface area (Å²) in [5.74, 6) is 2.33. The molecule has 6 nitrogen and oxygen atoms in total. The summed E-state index contributed by atoms with van der Waals surface area (Å²) < 4.78 is 16.1. The van der Waals surface area contributed by atoms with E-state index in [9.17, 15) is 4.79 Å². The minimum Gasteiger partial charge on any atom is -0.493 e. The molecule has 0 N–H and O–H groups in total. The lowest BCUT2D eigenvalue weighted by Crippen LogP contribution is -2.30. The Bertz CT molecular complexity index is 918. The summed E-state index contributed by atoms with van der Waals surface area (Å²) in [6, 6.07) is 13.7. The molecule has 2 aromatic rings. The van der Waals surface area contributed by atoms with Crippen molar-refractivity contribution >= 4 is 28.9 Å². The van der Waals surface area contributed by atoms with Crippen LogP contribution in [0.4, 0.5) is 0 Å². The quantitative estimate of drug-likeness (QED) is 0.614. The number of aliphatic imine (C=N–C) groups is 1. The number of rotatable bonds is 7. The number of thioether (sulfide) groups is 1. The van der Waals surface area contributed by atoms with Crippen molar-refractivity contribution in [1.29, 1.82) is 0 Å². The highest BCUT2D eigenvalue weighted by Gasteiger charge is 2.25. The van der Waals surface area contributed by atoms with Gasteiger partial charge in [0.25, 0.3) is 5.91 Å². The number of amidine groups is 1. The summed E-state index contributed by atoms with van der Waals surface area (Å²) in [6.07, 6.45) is 3.29. The van der Waals surface area contributed by atoms with Gasteiger partial charge in [-0.2, -0.15) is 0 Å². The minimum atomic E-state index is -0.104. The van der Waals surface area contributed by atoms with E-state index in [4.69, 9.17) is 19.2 Å². The summed E-state index contributed by atoms with van der Waals surface area (Å²) in [6.45, 7) is 2.68. The van der Waals surface area contributed by atoms with Gasteiger partial charge in [-0.1, -0.05) is 42.1 Å². The molecule has 0 saturated carbocycles. The molecule has 0 aliphatic carbocycles. The monoisotopic (exact) mass is 426 g/mol. The van der Waals surface area contributed by atoms with Crippen LogP contribution in [0.25, 0.3) is 6.08 Å². The van der Waals surface area contributed by atoms with Gasteiger partial charge in [-0.3, -0.25) is 14.7 Å². The van der Waals surface area contributed by atoms with Crippen molar-refractivity contribution < 1.29 is 19.0 Å². The summed E-state index contributed by atoms with van der Waals surface area (Å²) >= 11 is 1.61. The van der Waals surface area contributed by atoms with Gasteiger partial charge in [0, 0.05) is 18.4 Å². The molecule has 3 rings (SSSR count). The van der Waals surface area contributed by atoms with Gasteiger partial charge in [-0.15, -0.1) is 0 Å². The Morgan fingerprint density at radius 1 is 1.10 bits per heavy atom. The van der Waals surface area contributed by atoms with Gasteiger partial charge in [0.2, 0.25) is 5.75 Å². The maximum Gasteiger partial charge on any atom is 0.252 e. The lowest BCUT2D eigenvalue weighted by molar-refractivity contribution is -0.121. The molecule has 0 bridgehead atoms. The van der Waals surface area contributed by atoms with Crippen molar-refractivity contribution in [1.82, 2.24) is 4.90 Å². The Morgan fingerprint density at radius 2 is 1.77 bits per heavy atom. The Hall–Kier alpha value is -2.93. The van der Waals surface area contributed by atoms with Crippen LogP contribution in [0, 0.1) is 0 Å². The molecule has 2 aromatic carbocycles. The van der Waals surface area contributed by atoms with Crippen LogP contribution in [0.15, 0.2) is 53.5 Å². The first-order valence-corrected chi connectivity index (χ1v) is 10.6. The highest BCUT2D eigenvalue weighted by molar-refractivity contribution is 8.14. The number of carbonyl (C=O) groups is 1. The first-order chi connectivity index (χ1) is 14.6. The van der Waals surface area contributed by atoms with Crippen LogP contribution >= 0.6 is 11.8 Å². The number of carbonyl (C=O) groups excluding carboxylic acids is 1. The number of hydrogen-bond donors (Lipinski definition) is 0. The smallest absolute Gasteiger partial charge is 0.252 e. The molecule has 30 heavy (non-hydrogen) atoms. The summed E-state index contributed by atoms with van der Waals surface area (Å²) in [7, 11) is 4.68. The molecule has 7 heteroatoms. The highest BCUT2D eigenvalue weighted by Crippen LogP contribution is 2.38. The fourth-order valence-electron chi connectivity index (χ4n) is 3.14. The average molecular weight is 427 g/mol. The van der Waals surface area contributed by atoms with E-state index in [1.165, 1.54) is 0 Å². The molecular weight excluding hydrogens is 400 g/mol. The highest BCUT2D eigenvalue weighted by atomic mass is 32.2. The van der Waals surface area contributed by atoms with E-state index >= 15 is 0 Å². The molecule has 1 aliphatic rings. The van der Waals surface area contributed by atoms with Gasteiger partial charge < -0.3 is 14.2 Å². The predicted molar refractivity (Wildman–Crippen MR) is 122 cm³/mol. The molecule has 1 saturated heterocycles. The number of benzene rings is 2. The van der Waals surface area contributed by atoms with Gasteiger partial charge in [0.15, 0.2) is 16.7 Å². The van der Waals surface area contributed by atoms with Crippen LogP contribution in [-0.4, -0.2) is 49.6 Å². The van der Waals surface area contributed by atoms with Gasteiger partial charge in [-0.25, -0.2) is 0 Å². The first-order valence-electron chi connectivity index (χ1n) is 9.62. The van der Waals surface area contributed by atoms with Crippen LogP contribution in [0.3, 0.4) is 0 Å². The standard InChI is InChI=1S/C23H26N2O4S/c1-16(18-8-6-5-7-9-18)24-23-25(12-13-30-23)21(26)11-10-17-14-19(27-2)22(29-4)20(15-17)28-3/h5-11,14-16H,12-13H2,1-4H3/b11-10+,24-23?/t16-/m1/s1. The van der Waals surface area contributed by atoms with E-state index in [1.54, 1.807) is 62.3 Å². The second-order valence-corrected chi connectivity index (χ2v) is 7.69. The maximum absolute atomic E-state index is 12.8. The molecule has 0 aromatic heterocycles. The third kappa shape index (κ3) is 4.97. The van der Waals surface area contributed by atoms with Crippen LogP contribution in [0.5, 0.6) is 17.2 Å². The molecule has 1 aliphatic heterocycles. The molecule has 0 radical (unpaired) electrons. The molecule has 0 unspecified atom stereocenters. The molecule has 1 heterocycles. The van der Waals surface area contributed by atoms with Crippen molar-refractivity contribution in [2.45, 2.75) is 13.0 Å². The Balaban J connectivity index is 1.78. The minimum absolute atomic E-state index is 0.0128. The summed E-state index contributed by atoms with van der Waals surface area (Å²) in [5.41, 5.74) is 1.90. The fourth-order valence-corrected chi connectivity index (χ4v) is 4.17. The Kier molecular flexibility index (Phi) is 7.41. The summed E-state index contributed by atoms with van der Waals surface area (Å²) in [4.78, 5) is 19.3. The number of amides is 1. The SMILES string of the molecule is COc1cc(/C=C/C(=O)N2CCSC2=N[C@H](C)c2ccccc2)cc(OC)c1OC. The van der Waals surface area contributed by atoms with Crippen molar-refractivity contribution in [3.05, 3.63) is 59.7 Å². The van der Waals surface area contributed by atoms with Gasteiger partial charge >= 0.3 is 0 Å². The average Bonchev–Trinajstić information content (AvgIpc) is 3.25. The Labute approximate surface area is 181 Å². The lowest BCUT2D eigenvalue weighted by Gasteiger charge is -2.16. The van der Waals surface area contributed by atoms with E-state index in [1.807, 2.05) is 37.3 Å². The Morgan fingerprint density at radius 3 is 2.37 bits per heavy atom. The predicted octanol–water partition coefficient (Wildman–Crippen LogP) is 4.42. The van der Waals surface area contributed by atoms with Crippen LogP contribution in [0.1, 0.15) is 24.1 Å². The van der Waals surface area contributed by atoms with Gasteiger partial charge in [-0.05, 0) is 36.3 Å². The normalized spacial score (nSPS) is 16.1. The topological polar surface area (TPSA) is 60.4 Å². The molecule has 1 fully saturated rings. The fraction of sp³-hybridized carbons (Fsp3) is 0.304. The molecular formula is C23H26N2O4S.